The van der Waals surface area contributed by atoms with E-state index in [0.717, 1.165) is 5.56 Å². The maximum atomic E-state index is 12.2. The van der Waals surface area contributed by atoms with E-state index in [1.165, 1.54) is 0 Å². The Kier molecular flexibility index (Phi) is 7.41. The maximum absolute atomic E-state index is 12.2. The second kappa shape index (κ2) is 9.06. The lowest BCUT2D eigenvalue weighted by molar-refractivity contribution is -0.151. The lowest BCUT2D eigenvalue weighted by atomic mass is 9.88. The highest BCUT2D eigenvalue weighted by molar-refractivity contribution is 6.30. The Hall–Kier alpha value is -2.06. The average Bonchev–Trinajstić information content (AvgIpc) is 2.47. The van der Waals surface area contributed by atoms with Crippen LogP contribution in [0.4, 0.5) is 0 Å². The van der Waals surface area contributed by atoms with Gasteiger partial charge in [0.05, 0.1) is 18.4 Å². The molecule has 5 nitrogen and oxygen atoms in total. The summed E-state index contributed by atoms with van der Waals surface area (Å²) in [6.45, 7) is 3.72. The second-order valence-electron chi connectivity index (χ2n) is 5.14. The first-order valence-corrected chi connectivity index (χ1v) is 7.39. The topological polar surface area (TPSA) is 79.2 Å². The molecule has 0 bridgehead atoms. The van der Waals surface area contributed by atoms with Gasteiger partial charge < -0.3 is 10.1 Å². The van der Waals surface area contributed by atoms with Crippen LogP contribution in [-0.4, -0.2) is 25.0 Å². The van der Waals surface area contributed by atoms with Crippen molar-refractivity contribution in [3.63, 3.8) is 0 Å². The van der Waals surface area contributed by atoms with E-state index in [4.69, 9.17) is 21.6 Å². The van der Waals surface area contributed by atoms with E-state index in [9.17, 15) is 9.59 Å². The predicted molar refractivity (Wildman–Crippen MR) is 83.2 cm³/mol. The molecule has 1 rings (SSSR count). The number of hydrogen-bond acceptors (Lipinski definition) is 4. The molecule has 0 aliphatic carbocycles. The molecule has 22 heavy (non-hydrogen) atoms. The highest BCUT2D eigenvalue weighted by Gasteiger charge is 2.26. The Morgan fingerprint density at radius 1 is 1.32 bits per heavy atom. The zero-order chi connectivity index (χ0) is 16.5. The molecule has 1 aromatic carbocycles. The van der Waals surface area contributed by atoms with Crippen LogP contribution in [0.15, 0.2) is 24.3 Å². The van der Waals surface area contributed by atoms with Crippen LogP contribution in [0.2, 0.25) is 5.02 Å². The molecule has 0 aromatic heterocycles. The average molecular weight is 323 g/mol. The number of hydrogen-bond donors (Lipinski definition) is 1. The van der Waals surface area contributed by atoms with Crippen molar-refractivity contribution in [2.24, 2.45) is 5.92 Å². The van der Waals surface area contributed by atoms with Crippen LogP contribution < -0.4 is 5.32 Å². The normalized spacial score (nSPS) is 11.6. The molecule has 0 aliphatic heterocycles. The fraction of sp³-hybridized carbons (Fsp3) is 0.438. The van der Waals surface area contributed by atoms with Crippen molar-refractivity contribution >= 4 is 23.5 Å². The van der Waals surface area contributed by atoms with Crippen molar-refractivity contribution in [3.8, 4) is 6.07 Å². The second-order valence-corrected chi connectivity index (χ2v) is 5.58. The van der Waals surface area contributed by atoms with Crippen LogP contribution in [0.1, 0.15) is 31.7 Å². The summed E-state index contributed by atoms with van der Waals surface area (Å²) in [7, 11) is 0. The molecule has 6 heteroatoms. The van der Waals surface area contributed by atoms with Crippen LogP contribution in [0, 0.1) is 17.2 Å². The number of ether oxygens (including phenoxy) is 1. The van der Waals surface area contributed by atoms with Crippen LogP contribution in [0.3, 0.4) is 0 Å². The molecule has 0 aliphatic rings. The van der Waals surface area contributed by atoms with E-state index in [2.05, 4.69) is 5.32 Å². The molecule has 0 saturated heterocycles. The first-order chi connectivity index (χ1) is 10.5. The Morgan fingerprint density at radius 3 is 2.50 bits per heavy atom. The number of esters is 1. The number of nitrogens with one attached hydrogen (secondary N) is 1. The fourth-order valence-corrected chi connectivity index (χ4v) is 2.12. The zero-order valence-corrected chi connectivity index (χ0v) is 13.4. The van der Waals surface area contributed by atoms with Crippen LogP contribution >= 0.6 is 11.6 Å². The maximum Gasteiger partial charge on any atom is 0.314 e. The number of rotatable bonds is 7. The third-order valence-electron chi connectivity index (χ3n) is 3.05. The largest absolute Gasteiger partial charge is 0.455 e. The summed E-state index contributed by atoms with van der Waals surface area (Å²) in [5, 5.41) is 11.5. The van der Waals surface area contributed by atoms with E-state index in [-0.39, 0.29) is 25.5 Å². The number of carbonyl (C=O) groups is 2. The summed E-state index contributed by atoms with van der Waals surface area (Å²) >= 11 is 5.85. The number of amides is 1. The van der Waals surface area contributed by atoms with Gasteiger partial charge in [-0.1, -0.05) is 37.6 Å². The number of halogens is 1. The Morgan fingerprint density at radius 2 is 1.95 bits per heavy atom. The summed E-state index contributed by atoms with van der Waals surface area (Å²) in [5.74, 6) is -1.30. The van der Waals surface area contributed by atoms with Gasteiger partial charge in [-0.05, 0) is 23.6 Å². The van der Waals surface area contributed by atoms with Crippen LogP contribution in [0.5, 0.6) is 0 Å². The molecular weight excluding hydrogens is 304 g/mol. The molecule has 1 aromatic rings. The molecule has 0 fully saturated rings. The minimum atomic E-state index is -0.454. The molecule has 0 saturated carbocycles. The van der Waals surface area contributed by atoms with Crippen molar-refractivity contribution in [2.75, 3.05) is 13.2 Å². The molecule has 0 radical (unpaired) electrons. The molecule has 0 unspecified atom stereocenters. The van der Waals surface area contributed by atoms with E-state index in [0.29, 0.717) is 5.02 Å². The molecule has 0 heterocycles. The van der Waals surface area contributed by atoms with Gasteiger partial charge in [-0.3, -0.25) is 9.59 Å². The van der Waals surface area contributed by atoms with Gasteiger partial charge in [0.2, 0.25) is 0 Å². The smallest absolute Gasteiger partial charge is 0.314 e. The molecular formula is C16H19ClN2O3. The van der Waals surface area contributed by atoms with Crippen molar-refractivity contribution in [1.82, 2.24) is 5.32 Å². The van der Waals surface area contributed by atoms with Gasteiger partial charge in [-0.25, -0.2) is 0 Å². The van der Waals surface area contributed by atoms with Crippen LogP contribution in [0.25, 0.3) is 0 Å². The standard InChI is InChI=1S/C16H19ClN2O3/c1-11(2)15(12-4-6-13(17)7-5-12)16(21)22-10-14(20)19-9-3-8-18/h4-7,11,15H,3,9-10H2,1-2H3,(H,19,20)/t15-/m1/s1. The van der Waals surface area contributed by atoms with Gasteiger partial charge in [0.15, 0.2) is 6.61 Å². The van der Waals surface area contributed by atoms with Gasteiger partial charge in [0.25, 0.3) is 5.91 Å². The predicted octanol–water partition coefficient (Wildman–Crippen LogP) is 2.65. The number of nitriles is 1. The summed E-state index contributed by atoms with van der Waals surface area (Å²) in [6, 6.07) is 8.90. The van der Waals surface area contributed by atoms with Gasteiger partial charge in [0, 0.05) is 11.6 Å². The number of carbonyl (C=O) groups excluding carboxylic acids is 2. The van der Waals surface area contributed by atoms with Crippen molar-refractivity contribution in [1.29, 1.82) is 5.26 Å². The lowest BCUT2D eigenvalue weighted by Crippen LogP contribution is -2.31. The van der Waals surface area contributed by atoms with Crippen molar-refractivity contribution < 1.29 is 14.3 Å². The van der Waals surface area contributed by atoms with E-state index in [1.54, 1.807) is 24.3 Å². The molecule has 1 atom stereocenters. The third kappa shape index (κ3) is 5.74. The minimum absolute atomic E-state index is 0.0234. The third-order valence-corrected chi connectivity index (χ3v) is 3.31. The van der Waals surface area contributed by atoms with E-state index >= 15 is 0 Å². The fourth-order valence-electron chi connectivity index (χ4n) is 2.00. The Labute approximate surface area is 135 Å². The SMILES string of the molecule is CC(C)[C@@H](C(=O)OCC(=O)NCCC#N)c1ccc(Cl)cc1. The van der Waals surface area contributed by atoms with Gasteiger partial charge in [-0.15, -0.1) is 0 Å². The quantitative estimate of drug-likeness (QED) is 0.618. The minimum Gasteiger partial charge on any atom is -0.455 e. The Bertz CT molecular complexity index is 550. The monoisotopic (exact) mass is 322 g/mol. The van der Waals surface area contributed by atoms with Crippen LogP contribution in [-0.2, 0) is 14.3 Å². The summed E-state index contributed by atoms with van der Waals surface area (Å²) < 4.78 is 5.08. The number of benzene rings is 1. The molecule has 0 spiro atoms. The van der Waals surface area contributed by atoms with E-state index < -0.39 is 17.8 Å². The van der Waals surface area contributed by atoms with E-state index in [1.807, 2.05) is 19.9 Å². The highest BCUT2D eigenvalue weighted by Crippen LogP contribution is 2.27. The van der Waals surface area contributed by atoms with Gasteiger partial charge in [0.1, 0.15) is 0 Å². The zero-order valence-electron chi connectivity index (χ0n) is 12.6. The summed E-state index contributed by atoms with van der Waals surface area (Å²) in [5.41, 5.74) is 0.800. The first kappa shape index (κ1) is 18.0. The summed E-state index contributed by atoms with van der Waals surface area (Å²) in [4.78, 5) is 23.7. The first-order valence-electron chi connectivity index (χ1n) is 7.01. The number of nitrogens with zero attached hydrogens (tertiary/aromatic N) is 1. The van der Waals surface area contributed by atoms with Crippen molar-refractivity contribution in [3.05, 3.63) is 34.9 Å². The van der Waals surface area contributed by atoms with Gasteiger partial charge >= 0.3 is 5.97 Å². The molecule has 1 amide bonds. The molecule has 1 N–H and O–H groups in total. The molecule has 118 valence electrons. The van der Waals surface area contributed by atoms with Gasteiger partial charge in [-0.2, -0.15) is 5.26 Å². The Balaban J connectivity index is 2.61. The highest BCUT2D eigenvalue weighted by atomic mass is 35.5. The van der Waals surface area contributed by atoms with Crippen molar-refractivity contribution in [2.45, 2.75) is 26.2 Å². The lowest BCUT2D eigenvalue weighted by Gasteiger charge is -2.19. The summed E-state index contributed by atoms with van der Waals surface area (Å²) in [6.07, 6.45) is 0.221.